The molecular weight excluding hydrogens is 650 g/mol. The van der Waals surface area contributed by atoms with Crippen LogP contribution in [0.25, 0.3) is 0 Å². The van der Waals surface area contributed by atoms with E-state index in [0.29, 0.717) is 12.1 Å². The summed E-state index contributed by atoms with van der Waals surface area (Å²) in [7, 11) is -4.15. The summed E-state index contributed by atoms with van der Waals surface area (Å²) in [4.78, 5) is 30.2. The van der Waals surface area contributed by atoms with Gasteiger partial charge in [0.2, 0.25) is 11.8 Å². The van der Waals surface area contributed by atoms with E-state index >= 15 is 0 Å². The summed E-state index contributed by atoms with van der Waals surface area (Å²) in [6, 6.07) is 31.5. The summed E-state index contributed by atoms with van der Waals surface area (Å²) < 4.78 is 30.5. The van der Waals surface area contributed by atoms with E-state index in [9.17, 15) is 18.0 Å². The van der Waals surface area contributed by atoms with Crippen LogP contribution in [0.15, 0.2) is 119 Å². The van der Waals surface area contributed by atoms with E-state index in [4.69, 9.17) is 0 Å². The second-order valence-electron chi connectivity index (χ2n) is 11.9. The Hall–Kier alpha value is -3.95. The summed E-state index contributed by atoms with van der Waals surface area (Å²) in [5, 5.41) is 3.06. The van der Waals surface area contributed by atoms with Gasteiger partial charge in [-0.05, 0) is 74.2 Å². The first-order valence-electron chi connectivity index (χ1n) is 14.9. The SMILES string of the molecule is CCc1ccccc1N(CC(=O)N(Cc1ccc(Br)cc1)C(Cc1ccccc1)C(=O)NC(C)(C)C)S(=O)(=O)c1ccccc1. The lowest BCUT2D eigenvalue weighted by molar-refractivity contribution is -0.140. The number of halogens is 1. The molecule has 0 aliphatic rings. The molecule has 0 aliphatic heterocycles. The highest BCUT2D eigenvalue weighted by molar-refractivity contribution is 9.10. The van der Waals surface area contributed by atoms with Crippen molar-refractivity contribution in [2.75, 3.05) is 10.8 Å². The number of hydrogen-bond donors (Lipinski definition) is 1. The maximum absolute atomic E-state index is 14.6. The molecule has 0 aliphatic carbocycles. The number of rotatable bonds is 12. The molecule has 0 spiro atoms. The van der Waals surface area contributed by atoms with Crippen molar-refractivity contribution in [3.63, 3.8) is 0 Å². The molecule has 0 saturated carbocycles. The molecule has 4 rings (SSSR count). The minimum absolute atomic E-state index is 0.0782. The molecule has 0 aromatic heterocycles. The Bertz CT molecular complexity index is 1690. The van der Waals surface area contributed by atoms with E-state index in [2.05, 4.69) is 21.2 Å². The van der Waals surface area contributed by atoms with Gasteiger partial charge >= 0.3 is 0 Å². The number of para-hydroxylation sites is 1. The van der Waals surface area contributed by atoms with Gasteiger partial charge in [0.05, 0.1) is 10.6 Å². The van der Waals surface area contributed by atoms with Gasteiger partial charge in [0.15, 0.2) is 0 Å². The number of nitrogens with zero attached hydrogens (tertiary/aromatic N) is 2. The van der Waals surface area contributed by atoms with Crippen LogP contribution in [0.2, 0.25) is 0 Å². The largest absolute Gasteiger partial charge is 0.350 e. The molecule has 2 amide bonds. The van der Waals surface area contributed by atoms with Crippen molar-refractivity contribution in [1.29, 1.82) is 0 Å². The normalized spacial score (nSPS) is 12.3. The highest BCUT2D eigenvalue weighted by Gasteiger charge is 2.36. The van der Waals surface area contributed by atoms with Gasteiger partial charge < -0.3 is 10.2 Å². The van der Waals surface area contributed by atoms with Crippen molar-refractivity contribution in [1.82, 2.24) is 10.2 Å². The van der Waals surface area contributed by atoms with E-state index in [0.717, 1.165) is 21.2 Å². The van der Waals surface area contributed by atoms with Gasteiger partial charge in [-0.2, -0.15) is 0 Å². The minimum atomic E-state index is -4.15. The van der Waals surface area contributed by atoms with E-state index in [1.54, 1.807) is 30.3 Å². The molecule has 0 radical (unpaired) electrons. The second-order valence-corrected chi connectivity index (χ2v) is 14.7. The molecule has 4 aromatic carbocycles. The van der Waals surface area contributed by atoms with E-state index in [-0.39, 0.29) is 23.8 Å². The highest BCUT2D eigenvalue weighted by Crippen LogP contribution is 2.28. The fraction of sp³-hybridized carbons (Fsp3) is 0.278. The third-order valence-corrected chi connectivity index (χ3v) is 9.59. The number of amides is 2. The third kappa shape index (κ3) is 9.05. The van der Waals surface area contributed by atoms with Crippen LogP contribution in [0.4, 0.5) is 5.69 Å². The van der Waals surface area contributed by atoms with Gasteiger partial charge in [-0.15, -0.1) is 0 Å². The van der Waals surface area contributed by atoms with Crippen LogP contribution >= 0.6 is 15.9 Å². The van der Waals surface area contributed by atoms with Crippen LogP contribution in [0.3, 0.4) is 0 Å². The Balaban J connectivity index is 1.83. The summed E-state index contributed by atoms with van der Waals surface area (Å²) >= 11 is 3.47. The molecule has 1 unspecified atom stereocenters. The van der Waals surface area contributed by atoms with E-state index in [1.165, 1.54) is 21.3 Å². The first-order chi connectivity index (χ1) is 21.4. The van der Waals surface area contributed by atoms with Crippen LogP contribution in [-0.4, -0.2) is 43.3 Å². The Kier molecular flexibility index (Phi) is 11.2. The maximum Gasteiger partial charge on any atom is 0.264 e. The Morgan fingerprint density at radius 1 is 0.800 bits per heavy atom. The molecule has 236 valence electrons. The fourth-order valence-corrected chi connectivity index (χ4v) is 6.82. The molecule has 0 bridgehead atoms. The van der Waals surface area contributed by atoms with Gasteiger partial charge in [0, 0.05) is 23.0 Å². The van der Waals surface area contributed by atoms with E-state index in [1.807, 2.05) is 94.4 Å². The highest BCUT2D eigenvalue weighted by atomic mass is 79.9. The molecule has 1 N–H and O–H groups in total. The van der Waals surface area contributed by atoms with Crippen molar-refractivity contribution in [2.24, 2.45) is 0 Å². The van der Waals surface area contributed by atoms with Crippen molar-refractivity contribution < 1.29 is 18.0 Å². The quantitative estimate of drug-likeness (QED) is 0.178. The molecule has 0 saturated heterocycles. The monoisotopic (exact) mass is 689 g/mol. The molecule has 4 aromatic rings. The number of hydrogen-bond acceptors (Lipinski definition) is 4. The van der Waals surface area contributed by atoms with Gasteiger partial charge in [0.25, 0.3) is 10.0 Å². The van der Waals surface area contributed by atoms with Crippen LogP contribution in [-0.2, 0) is 39.0 Å². The molecule has 7 nitrogen and oxygen atoms in total. The molecular formula is C36H40BrN3O4S. The van der Waals surface area contributed by atoms with E-state index < -0.39 is 34.1 Å². The molecule has 9 heteroatoms. The summed E-state index contributed by atoms with van der Waals surface area (Å²) in [6.07, 6.45) is 0.820. The number of nitrogens with one attached hydrogen (secondary N) is 1. The lowest BCUT2D eigenvalue weighted by Crippen LogP contribution is -2.56. The van der Waals surface area contributed by atoms with Crippen molar-refractivity contribution >= 4 is 43.5 Å². The van der Waals surface area contributed by atoms with Crippen LogP contribution in [0.5, 0.6) is 0 Å². The second kappa shape index (κ2) is 14.9. The Morgan fingerprint density at radius 2 is 1.38 bits per heavy atom. The first kappa shape index (κ1) is 33.9. The number of benzene rings is 4. The van der Waals surface area contributed by atoms with Gasteiger partial charge in [-0.3, -0.25) is 13.9 Å². The topological polar surface area (TPSA) is 86.8 Å². The lowest BCUT2D eigenvalue weighted by Gasteiger charge is -2.35. The Labute approximate surface area is 275 Å². The van der Waals surface area contributed by atoms with Gasteiger partial charge in [-0.25, -0.2) is 8.42 Å². The first-order valence-corrected chi connectivity index (χ1v) is 17.2. The Morgan fingerprint density at radius 3 is 1.98 bits per heavy atom. The zero-order chi connectivity index (χ0) is 32.6. The molecule has 1 atom stereocenters. The van der Waals surface area contributed by atoms with Gasteiger partial charge in [-0.1, -0.05) is 102 Å². The smallest absolute Gasteiger partial charge is 0.264 e. The van der Waals surface area contributed by atoms with Crippen molar-refractivity contribution in [3.8, 4) is 0 Å². The predicted octanol–water partition coefficient (Wildman–Crippen LogP) is 6.76. The summed E-state index contributed by atoms with van der Waals surface area (Å²) in [6.45, 7) is 7.23. The van der Waals surface area contributed by atoms with Crippen molar-refractivity contribution in [3.05, 3.63) is 130 Å². The minimum Gasteiger partial charge on any atom is -0.350 e. The fourth-order valence-electron chi connectivity index (χ4n) is 5.08. The average Bonchev–Trinajstić information content (AvgIpc) is 3.02. The maximum atomic E-state index is 14.6. The number of carbonyl (C=O) groups is 2. The zero-order valence-corrected chi connectivity index (χ0v) is 28.5. The standard InChI is InChI=1S/C36H40BrN3O4S/c1-5-29-16-12-13-19-32(29)40(45(43,44)31-17-10-7-11-18-31)26-34(41)39(25-28-20-22-30(37)23-21-28)33(35(42)38-36(2,3)4)24-27-14-8-6-9-15-27/h6-23,33H,5,24-26H2,1-4H3,(H,38,42). The summed E-state index contributed by atoms with van der Waals surface area (Å²) in [5.41, 5.74) is 2.35. The average molecular weight is 691 g/mol. The molecule has 0 fully saturated rings. The van der Waals surface area contributed by atoms with Crippen LogP contribution in [0.1, 0.15) is 44.4 Å². The van der Waals surface area contributed by atoms with Gasteiger partial charge in [0.1, 0.15) is 12.6 Å². The molecule has 0 heterocycles. The van der Waals surface area contributed by atoms with Crippen LogP contribution in [0, 0.1) is 0 Å². The number of anilines is 1. The third-order valence-electron chi connectivity index (χ3n) is 7.29. The van der Waals surface area contributed by atoms with Crippen molar-refractivity contribution in [2.45, 2.75) is 63.6 Å². The lowest BCUT2D eigenvalue weighted by atomic mass is 10.0. The van der Waals surface area contributed by atoms with Crippen LogP contribution < -0.4 is 9.62 Å². The number of aryl methyl sites for hydroxylation is 1. The summed E-state index contributed by atoms with van der Waals surface area (Å²) in [5.74, 6) is -0.809. The number of carbonyl (C=O) groups excluding carboxylic acids is 2. The zero-order valence-electron chi connectivity index (χ0n) is 26.1. The predicted molar refractivity (Wildman–Crippen MR) is 183 cm³/mol. The number of sulfonamides is 1. The molecule has 45 heavy (non-hydrogen) atoms.